The molecule has 0 radical (unpaired) electrons. The first-order valence-corrected chi connectivity index (χ1v) is 8.83. The molecule has 21 heavy (non-hydrogen) atoms. The van der Waals surface area contributed by atoms with Crippen molar-refractivity contribution in [1.29, 1.82) is 0 Å². The molecule has 1 aliphatic rings. The first kappa shape index (κ1) is 16.5. The molecule has 118 valence electrons. The van der Waals surface area contributed by atoms with Crippen LogP contribution in [0.2, 0.25) is 0 Å². The molecular formula is C16H27N3OS. The summed E-state index contributed by atoms with van der Waals surface area (Å²) in [4.78, 5) is 18.2. The van der Waals surface area contributed by atoms with Gasteiger partial charge in [0.15, 0.2) is 0 Å². The molecule has 0 spiro atoms. The molecule has 1 aliphatic heterocycles. The number of nitrogens with zero attached hydrogens (tertiary/aromatic N) is 2. The highest BCUT2D eigenvalue weighted by atomic mass is 32.1. The van der Waals surface area contributed by atoms with E-state index in [4.69, 9.17) is 0 Å². The van der Waals surface area contributed by atoms with Gasteiger partial charge in [-0.15, -0.1) is 11.3 Å². The van der Waals surface area contributed by atoms with Gasteiger partial charge < -0.3 is 9.80 Å². The molecule has 1 fully saturated rings. The van der Waals surface area contributed by atoms with Crippen LogP contribution >= 0.6 is 11.3 Å². The Balaban J connectivity index is 2.06. The Morgan fingerprint density at radius 2 is 2.24 bits per heavy atom. The Morgan fingerprint density at radius 3 is 2.86 bits per heavy atom. The minimum atomic E-state index is -0.0102. The van der Waals surface area contributed by atoms with Crippen molar-refractivity contribution in [2.24, 2.45) is 0 Å². The van der Waals surface area contributed by atoms with Crippen molar-refractivity contribution in [1.82, 2.24) is 15.1 Å². The van der Waals surface area contributed by atoms with Gasteiger partial charge in [-0.3, -0.25) is 10.1 Å². The van der Waals surface area contributed by atoms with Gasteiger partial charge in [0.05, 0.1) is 6.04 Å². The first-order chi connectivity index (χ1) is 10.2. The molecule has 1 aromatic heterocycles. The van der Waals surface area contributed by atoms with E-state index in [1.807, 2.05) is 4.90 Å². The zero-order chi connectivity index (χ0) is 15.2. The number of carbonyl (C=O) groups is 1. The highest BCUT2D eigenvalue weighted by Crippen LogP contribution is 2.29. The molecule has 2 rings (SSSR count). The molecular weight excluding hydrogens is 282 g/mol. The highest BCUT2D eigenvalue weighted by Gasteiger charge is 2.39. The zero-order valence-electron chi connectivity index (χ0n) is 13.3. The predicted octanol–water partition coefficient (Wildman–Crippen LogP) is 2.69. The monoisotopic (exact) mass is 309 g/mol. The lowest BCUT2D eigenvalue weighted by atomic mass is 10.1. The quantitative estimate of drug-likeness (QED) is 0.802. The Labute approximate surface area is 132 Å². The number of rotatable bonds is 8. The summed E-state index contributed by atoms with van der Waals surface area (Å²) in [5.41, 5.74) is 0. The van der Waals surface area contributed by atoms with E-state index in [9.17, 15) is 4.79 Å². The molecule has 1 N–H and O–H groups in total. The van der Waals surface area contributed by atoms with Crippen molar-refractivity contribution in [3.63, 3.8) is 0 Å². The predicted molar refractivity (Wildman–Crippen MR) is 88.4 cm³/mol. The maximum atomic E-state index is 12.7. The maximum absolute atomic E-state index is 12.7. The highest BCUT2D eigenvalue weighted by molar-refractivity contribution is 7.10. The fourth-order valence-corrected chi connectivity index (χ4v) is 3.45. The average Bonchev–Trinajstić information content (AvgIpc) is 3.11. The van der Waals surface area contributed by atoms with Crippen LogP contribution in [0, 0.1) is 0 Å². The molecule has 1 amide bonds. The van der Waals surface area contributed by atoms with Crippen LogP contribution in [0.5, 0.6) is 0 Å². The second-order valence-corrected chi connectivity index (χ2v) is 6.69. The number of amides is 1. The van der Waals surface area contributed by atoms with Crippen LogP contribution < -0.4 is 5.32 Å². The molecule has 5 heteroatoms. The Bertz CT molecular complexity index is 435. The van der Waals surface area contributed by atoms with E-state index in [-0.39, 0.29) is 18.1 Å². The average molecular weight is 309 g/mol. The normalized spacial score (nSPS) is 22.5. The molecule has 2 heterocycles. The lowest BCUT2D eigenvalue weighted by Crippen LogP contribution is -2.37. The number of carbonyl (C=O) groups excluding carboxylic acids is 1. The Kier molecular flexibility index (Phi) is 6.21. The van der Waals surface area contributed by atoms with Gasteiger partial charge in [0.25, 0.3) is 0 Å². The summed E-state index contributed by atoms with van der Waals surface area (Å²) in [6, 6.07) is 4.17. The van der Waals surface area contributed by atoms with Gasteiger partial charge in [-0.25, -0.2) is 0 Å². The van der Waals surface area contributed by atoms with Crippen LogP contribution in [0.15, 0.2) is 17.5 Å². The van der Waals surface area contributed by atoms with Crippen LogP contribution in [0.4, 0.5) is 0 Å². The number of hydrogen-bond acceptors (Lipinski definition) is 4. The molecule has 0 aromatic carbocycles. The lowest BCUT2D eigenvalue weighted by molar-refractivity contribution is -0.130. The molecule has 1 aromatic rings. The van der Waals surface area contributed by atoms with Crippen LogP contribution in [-0.2, 0) is 4.79 Å². The maximum Gasteiger partial charge on any atom is 0.241 e. The summed E-state index contributed by atoms with van der Waals surface area (Å²) >= 11 is 1.72. The number of hydrogen-bond donors (Lipinski definition) is 1. The van der Waals surface area contributed by atoms with E-state index in [1.54, 1.807) is 11.3 Å². The molecule has 2 unspecified atom stereocenters. The standard InChI is InChI=1S/C16H27N3OS/c1-4-6-8-13-16(20)19(11-10-18(3)5-2)15(17-13)14-9-7-12-21-14/h7,9,12-13,15,17H,4-6,8,10-11H2,1-3H3. The van der Waals surface area contributed by atoms with Crippen LogP contribution in [-0.4, -0.2) is 48.4 Å². The van der Waals surface area contributed by atoms with Crippen molar-refractivity contribution in [3.05, 3.63) is 22.4 Å². The van der Waals surface area contributed by atoms with Gasteiger partial charge in [-0.05, 0) is 31.5 Å². The van der Waals surface area contributed by atoms with Crippen LogP contribution in [0.3, 0.4) is 0 Å². The van der Waals surface area contributed by atoms with E-state index in [0.717, 1.165) is 38.9 Å². The molecule has 0 aliphatic carbocycles. The zero-order valence-corrected chi connectivity index (χ0v) is 14.2. The van der Waals surface area contributed by atoms with E-state index >= 15 is 0 Å². The van der Waals surface area contributed by atoms with Crippen molar-refractivity contribution < 1.29 is 4.79 Å². The van der Waals surface area contributed by atoms with Gasteiger partial charge in [0.2, 0.25) is 5.91 Å². The Morgan fingerprint density at radius 1 is 1.43 bits per heavy atom. The van der Waals surface area contributed by atoms with Crippen molar-refractivity contribution in [2.75, 3.05) is 26.7 Å². The number of unbranched alkanes of at least 4 members (excludes halogenated alkanes) is 1. The van der Waals surface area contributed by atoms with E-state index < -0.39 is 0 Å². The van der Waals surface area contributed by atoms with Gasteiger partial charge >= 0.3 is 0 Å². The lowest BCUT2D eigenvalue weighted by Gasteiger charge is -2.25. The summed E-state index contributed by atoms with van der Waals surface area (Å²) in [6.07, 6.45) is 3.23. The van der Waals surface area contributed by atoms with Crippen LogP contribution in [0.1, 0.15) is 44.2 Å². The fourth-order valence-electron chi connectivity index (χ4n) is 2.65. The number of nitrogens with one attached hydrogen (secondary N) is 1. The molecule has 0 bridgehead atoms. The molecule has 2 atom stereocenters. The minimum absolute atomic E-state index is 0.0102. The minimum Gasteiger partial charge on any atom is -0.319 e. The Hall–Kier alpha value is -0.910. The van der Waals surface area contributed by atoms with Gasteiger partial charge in [-0.1, -0.05) is 32.8 Å². The van der Waals surface area contributed by atoms with Crippen molar-refractivity contribution >= 4 is 17.2 Å². The number of thiophene rings is 1. The van der Waals surface area contributed by atoms with E-state index in [0.29, 0.717) is 0 Å². The van der Waals surface area contributed by atoms with Crippen LogP contribution in [0.25, 0.3) is 0 Å². The van der Waals surface area contributed by atoms with Gasteiger partial charge in [0, 0.05) is 18.0 Å². The summed E-state index contributed by atoms with van der Waals surface area (Å²) in [6.45, 7) is 7.04. The van der Waals surface area contributed by atoms with Gasteiger partial charge in [-0.2, -0.15) is 0 Å². The molecule has 0 saturated carbocycles. The third-order valence-corrected chi connectivity index (χ3v) is 5.10. The van der Waals surface area contributed by atoms with Gasteiger partial charge in [0.1, 0.15) is 6.17 Å². The van der Waals surface area contributed by atoms with E-state index in [1.165, 1.54) is 4.88 Å². The molecule has 4 nitrogen and oxygen atoms in total. The van der Waals surface area contributed by atoms with Crippen molar-refractivity contribution in [2.45, 2.75) is 45.3 Å². The second kappa shape index (κ2) is 7.92. The third-order valence-electron chi connectivity index (χ3n) is 4.17. The topological polar surface area (TPSA) is 35.6 Å². The third kappa shape index (κ3) is 4.05. The molecule has 1 saturated heterocycles. The SMILES string of the molecule is CCCCC1NC(c2cccs2)N(CCN(C)CC)C1=O. The summed E-state index contributed by atoms with van der Waals surface area (Å²) in [5.74, 6) is 0.270. The van der Waals surface area contributed by atoms with E-state index in [2.05, 4.69) is 48.6 Å². The first-order valence-electron chi connectivity index (χ1n) is 7.95. The van der Waals surface area contributed by atoms with Crippen molar-refractivity contribution in [3.8, 4) is 0 Å². The summed E-state index contributed by atoms with van der Waals surface area (Å²) in [7, 11) is 2.10. The largest absolute Gasteiger partial charge is 0.319 e. The smallest absolute Gasteiger partial charge is 0.241 e. The number of likely N-dealkylation sites (N-methyl/N-ethyl adjacent to an activating group) is 1. The second-order valence-electron chi connectivity index (χ2n) is 5.71. The summed E-state index contributed by atoms with van der Waals surface area (Å²) in [5, 5.41) is 5.62. The fraction of sp³-hybridized carbons (Fsp3) is 0.688. The summed E-state index contributed by atoms with van der Waals surface area (Å²) < 4.78 is 0.